The van der Waals surface area contributed by atoms with E-state index in [1.807, 2.05) is 0 Å². The van der Waals surface area contributed by atoms with Crippen LogP contribution in [0.25, 0.3) is 11.0 Å². The summed E-state index contributed by atoms with van der Waals surface area (Å²) in [6.07, 6.45) is 0. The normalized spacial score (nSPS) is 10.6. The number of hydrogen-bond donors (Lipinski definition) is 2. The lowest BCUT2D eigenvalue weighted by molar-refractivity contribution is 0.0697. The first kappa shape index (κ1) is 12.6. The van der Waals surface area contributed by atoms with Crippen molar-refractivity contribution in [2.75, 3.05) is 7.05 Å². The number of benzene rings is 1. The lowest BCUT2D eigenvalue weighted by Crippen LogP contribution is -2.18. The number of carbonyl (C=O) groups is 2. The molecule has 0 aliphatic carbocycles. The fraction of sp³-hybridized carbons (Fsp3) is 0.167. The van der Waals surface area contributed by atoms with Gasteiger partial charge in [-0.1, -0.05) is 0 Å². The van der Waals surface area contributed by atoms with Crippen molar-refractivity contribution in [3.63, 3.8) is 0 Å². The van der Waals surface area contributed by atoms with Crippen LogP contribution in [0.4, 0.5) is 0 Å². The number of carboxylic acids is 1. The minimum Gasteiger partial charge on any atom is -0.478 e. The zero-order valence-corrected chi connectivity index (χ0v) is 11.3. The summed E-state index contributed by atoms with van der Waals surface area (Å²) in [6, 6.07) is 2.78. The molecule has 0 aliphatic heterocycles. The minimum absolute atomic E-state index is 0.0441. The lowest BCUT2D eigenvalue weighted by atomic mass is 10.1. The summed E-state index contributed by atoms with van der Waals surface area (Å²) in [7, 11) is 1.48. The van der Waals surface area contributed by atoms with Gasteiger partial charge in [0.25, 0.3) is 5.91 Å². The molecule has 0 spiro atoms. The maximum Gasteiger partial charge on any atom is 0.335 e. The predicted molar refractivity (Wildman–Crippen MR) is 69.0 cm³/mol. The Morgan fingerprint density at radius 3 is 2.61 bits per heavy atom. The van der Waals surface area contributed by atoms with Crippen LogP contribution < -0.4 is 5.32 Å². The minimum atomic E-state index is -1.09. The van der Waals surface area contributed by atoms with Gasteiger partial charge in [0.1, 0.15) is 11.3 Å². The zero-order valence-electron chi connectivity index (χ0n) is 9.70. The third-order valence-corrected chi connectivity index (χ3v) is 3.59. The van der Waals surface area contributed by atoms with Crippen LogP contribution in [0.2, 0.25) is 0 Å². The predicted octanol–water partition coefficient (Wildman–Crippen LogP) is 2.56. The molecule has 2 rings (SSSR count). The third kappa shape index (κ3) is 1.88. The van der Waals surface area contributed by atoms with Crippen molar-refractivity contribution >= 4 is 38.8 Å². The van der Waals surface area contributed by atoms with Crippen LogP contribution in [0.15, 0.2) is 21.0 Å². The van der Waals surface area contributed by atoms with Crippen molar-refractivity contribution < 1.29 is 19.1 Å². The van der Waals surface area contributed by atoms with E-state index < -0.39 is 5.97 Å². The molecule has 18 heavy (non-hydrogen) atoms. The molecule has 94 valence electrons. The van der Waals surface area contributed by atoms with E-state index in [2.05, 4.69) is 21.2 Å². The van der Waals surface area contributed by atoms with E-state index in [9.17, 15) is 9.59 Å². The van der Waals surface area contributed by atoms with Crippen LogP contribution in [0, 0.1) is 6.92 Å². The van der Waals surface area contributed by atoms with E-state index in [-0.39, 0.29) is 17.0 Å². The maximum absolute atomic E-state index is 11.7. The highest BCUT2D eigenvalue weighted by Gasteiger charge is 2.19. The largest absolute Gasteiger partial charge is 0.478 e. The fourth-order valence-corrected chi connectivity index (χ4v) is 2.09. The summed E-state index contributed by atoms with van der Waals surface area (Å²) >= 11 is 3.32. The van der Waals surface area contributed by atoms with Gasteiger partial charge in [-0.3, -0.25) is 4.79 Å². The lowest BCUT2D eigenvalue weighted by Gasteiger charge is -2.03. The summed E-state index contributed by atoms with van der Waals surface area (Å²) in [5.41, 5.74) is 0.632. The van der Waals surface area contributed by atoms with Crippen LogP contribution in [-0.2, 0) is 0 Å². The summed E-state index contributed by atoms with van der Waals surface area (Å²) in [5.74, 6) is -0.880. The zero-order chi connectivity index (χ0) is 13.4. The Labute approximate surface area is 111 Å². The van der Waals surface area contributed by atoms with Gasteiger partial charge in [0.2, 0.25) is 0 Å². The first-order valence-electron chi connectivity index (χ1n) is 5.13. The summed E-state index contributed by atoms with van der Waals surface area (Å²) in [6.45, 7) is 1.73. The SMILES string of the molecule is CNC(=O)c1cc(C(=O)O)cc2c(Br)c(C)oc12. The number of aromatic carboxylic acids is 1. The number of furan rings is 1. The second-order valence-electron chi connectivity index (χ2n) is 3.76. The van der Waals surface area contributed by atoms with Gasteiger partial charge in [-0.05, 0) is 35.0 Å². The van der Waals surface area contributed by atoms with Crippen molar-refractivity contribution in [3.8, 4) is 0 Å². The van der Waals surface area contributed by atoms with Crippen molar-refractivity contribution in [1.29, 1.82) is 0 Å². The van der Waals surface area contributed by atoms with Gasteiger partial charge in [-0.15, -0.1) is 0 Å². The molecule has 0 saturated heterocycles. The van der Waals surface area contributed by atoms with E-state index in [1.54, 1.807) is 6.92 Å². The van der Waals surface area contributed by atoms with E-state index in [4.69, 9.17) is 9.52 Å². The Kier molecular flexibility index (Phi) is 3.13. The molecule has 0 aliphatic rings. The number of rotatable bonds is 2. The number of carbonyl (C=O) groups excluding carboxylic acids is 1. The highest BCUT2D eigenvalue weighted by atomic mass is 79.9. The molecule has 1 amide bonds. The highest BCUT2D eigenvalue weighted by Crippen LogP contribution is 2.33. The number of amides is 1. The molecule has 0 unspecified atom stereocenters. The van der Waals surface area contributed by atoms with Crippen LogP contribution >= 0.6 is 15.9 Å². The molecule has 2 N–H and O–H groups in total. The highest BCUT2D eigenvalue weighted by molar-refractivity contribution is 9.10. The molecule has 1 heterocycles. The Morgan fingerprint density at radius 2 is 2.06 bits per heavy atom. The van der Waals surface area contributed by atoms with E-state index in [0.29, 0.717) is 21.2 Å². The second-order valence-corrected chi connectivity index (χ2v) is 4.55. The molecular weight excluding hydrogens is 302 g/mol. The number of nitrogens with one attached hydrogen (secondary N) is 1. The van der Waals surface area contributed by atoms with Crippen molar-refractivity contribution in [3.05, 3.63) is 33.5 Å². The van der Waals surface area contributed by atoms with E-state index in [1.165, 1.54) is 19.2 Å². The Balaban J connectivity index is 2.85. The molecule has 0 bridgehead atoms. The molecule has 0 saturated carbocycles. The topological polar surface area (TPSA) is 79.5 Å². The molecular formula is C12H10BrNO4. The summed E-state index contributed by atoms with van der Waals surface area (Å²) < 4.78 is 6.14. The van der Waals surface area contributed by atoms with Crippen molar-refractivity contribution in [2.24, 2.45) is 0 Å². The standard InChI is InChI=1S/C12H10BrNO4/c1-5-9(13)7-3-6(12(16)17)4-8(10(7)18-5)11(15)14-2/h3-4H,1-2H3,(H,14,15)(H,16,17). The number of carboxylic acid groups (broad SMARTS) is 1. The Morgan fingerprint density at radius 1 is 1.39 bits per heavy atom. The van der Waals surface area contributed by atoms with Crippen molar-refractivity contribution in [2.45, 2.75) is 6.92 Å². The first-order chi connectivity index (χ1) is 8.45. The average molecular weight is 312 g/mol. The van der Waals surface area contributed by atoms with Gasteiger partial charge in [-0.2, -0.15) is 0 Å². The van der Waals surface area contributed by atoms with Crippen LogP contribution in [0.3, 0.4) is 0 Å². The number of fused-ring (bicyclic) bond motifs is 1. The van der Waals surface area contributed by atoms with Gasteiger partial charge < -0.3 is 14.8 Å². The first-order valence-corrected chi connectivity index (χ1v) is 5.93. The molecule has 2 aromatic rings. The molecule has 1 aromatic carbocycles. The van der Waals surface area contributed by atoms with Gasteiger partial charge in [0, 0.05) is 12.4 Å². The van der Waals surface area contributed by atoms with Crippen molar-refractivity contribution in [1.82, 2.24) is 5.32 Å². The van der Waals surface area contributed by atoms with Crippen LogP contribution in [-0.4, -0.2) is 24.0 Å². The summed E-state index contributed by atoms with van der Waals surface area (Å²) in [5, 5.41) is 12.1. The fourth-order valence-electron chi connectivity index (χ4n) is 1.72. The van der Waals surface area contributed by atoms with Gasteiger partial charge in [-0.25, -0.2) is 4.79 Å². The maximum atomic E-state index is 11.7. The monoisotopic (exact) mass is 311 g/mol. The Bertz CT molecular complexity index is 660. The quantitative estimate of drug-likeness (QED) is 0.893. The summed E-state index contributed by atoms with van der Waals surface area (Å²) in [4.78, 5) is 22.8. The third-order valence-electron chi connectivity index (χ3n) is 2.61. The number of aryl methyl sites for hydroxylation is 1. The molecule has 1 aromatic heterocycles. The van der Waals surface area contributed by atoms with Gasteiger partial charge in [0.15, 0.2) is 0 Å². The van der Waals surface area contributed by atoms with Crippen LogP contribution in [0.5, 0.6) is 0 Å². The second kappa shape index (κ2) is 4.45. The number of hydrogen-bond acceptors (Lipinski definition) is 3. The van der Waals surface area contributed by atoms with Gasteiger partial charge >= 0.3 is 5.97 Å². The van der Waals surface area contributed by atoms with E-state index >= 15 is 0 Å². The molecule has 6 heteroatoms. The van der Waals surface area contributed by atoms with E-state index in [0.717, 1.165) is 0 Å². The van der Waals surface area contributed by atoms with Gasteiger partial charge in [0.05, 0.1) is 15.6 Å². The molecule has 0 radical (unpaired) electrons. The molecule has 0 fully saturated rings. The molecule has 5 nitrogen and oxygen atoms in total. The Hall–Kier alpha value is -1.82. The van der Waals surface area contributed by atoms with Crippen LogP contribution in [0.1, 0.15) is 26.5 Å². The smallest absolute Gasteiger partial charge is 0.335 e. The molecule has 0 atom stereocenters. The average Bonchev–Trinajstić information content (AvgIpc) is 2.63. The number of halogens is 1.